The zero-order valence-electron chi connectivity index (χ0n) is 17.3. The Morgan fingerprint density at radius 1 is 1.07 bits per heavy atom. The molecule has 0 amide bonds. The van der Waals surface area contributed by atoms with Crippen LogP contribution in [-0.4, -0.2) is 85.4 Å². The SMILES string of the molecule is CN1CCN(CC(O)COc2ccc(CN3CCC(C)(C#N)CC3)cc2)CC1. The second-order valence-electron chi connectivity index (χ2n) is 8.66. The van der Waals surface area contributed by atoms with Gasteiger partial charge in [-0.25, -0.2) is 0 Å². The number of hydrogen-bond donors (Lipinski definition) is 1. The minimum Gasteiger partial charge on any atom is -0.491 e. The summed E-state index contributed by atoms with van der Waals surface area (Å²) in [6.45, 7) is 10.0. The molecule has 2 heterocycles. The number of nitrogens with zero attached hydrogens (tertiary/aromatic N) is 4. The highest BCUT2D eigenvalue weighted by Crippen LogP contribution is 2.30. The van der Waals surface area contributed by atoms with Gasteiger partial charge in [-0.15, -0.1) is 0 Å². The molecule has 0 bridgehead atoms. The molecule has 1 aromatic carbocycles. The topological polar surface area (TPSA) is 63.0 Å². The first-order chi connectivity index (χ1) is 13.5. The number of aliphatic hydroxyl groups excluding tert-OH is 1. The average molecular weight is 387 g/mol. The predicted octanol–water partition coefficient (Wildman–Crippen LogP) is 1.80. The highest BCUT2D eigenvalue weighted by Gasteiger charge is 2.29. The van der Waals surface area contributed by atoms with Crippen molar-refractivity contribution in [1.82, 2.24) is 14.7 Å². The molecule has 1 N–H and O–H groups in total. The fourth-order valence-corrected chi connectivity index (χ4v) is 3.84. The zero-order valence-corrected chi connectivity index (χ0v) is 17.3. The third-order valence-corrected chi connectivity index (χ3v) is 6.07. The number of rotatable bonds is 7. The molecule has 1 atom stereocenters. The summed E-state index contributed by atoms with van der Waals surface area (Å²) in [5.74, 6) is 0.803. The molecule has 6 heteroatoms. The molecule has 6 nitrogen and oxygen atoms in total. The maximum Gasteiger partial charge on any atom is 0.119 e. The number of β-amino-alcohol motifs (C(OH)–C–C–N with tert-alkyl or cyclic N) is 1. The van der Waals surface area contributed by atoms with E-state index in [1.54, 1.807) is 0 Å². The standard InChI is InChI=1S/C22H34N4O2/c1-22(18-23)7-9-25(10-8-22)15-19-3-5-21(6-4-19)28-17-20(27)16-26-13-11-24(2)12-14-26/h3-6,20,27H,7-17H2,1-2H3. The van der Waals surface area contributed by atoms with Crippen LogP contribution in [0, 0.1) is 16.7 Å². The zero-order chi connectivity index (χ0) is 20.0. The molecular weight excluding hydrogens is 352 g/mol. The van der Waals surface area contributed by atoms with Crippen molar-refractivity contribution in [2.45, 2.75) is 32.4 Å². The van der Waals surface area contributed by atoms with Gasteiger partial charge in [-0.1, -0.05) is 12.1 Å². The number of piperazine rings is 1. The van der Waals surface area contributed by atoms with Crippen LogP contribution in [0.5, 0.6) is 5.75 Å². The summed E-state index contributed by atoms with van der Waals surface area (Å²) in [5.41, 5.74) is 1.10. The summed E-state index contributed by atoms with van der Waals surface area (Å²) in [6, 6.07) is 10.6. The quantitative estimate of drug-likeness (QED) is 0.771. The second-order valence-corrected chi connectivity index (χ2v) is 8.66. The van der Waals surface area contributed by atoms with Gasteiger partial charge in [0.05, 0.1) is 11.5 Å². The van der Waals surface area contributed by atoms with Crippen LogP contribution >= 0.6 is 0 Å². The molecule has 1 unspecified atom stereocenters. The third kappa shape index (κ3) is 6.18. The Morgan fingerprint density at radius 2 is 1.71 bits per heavy atom. The maximum atomic E-state index is 10.3. The lowest BCUT2D eigenvalue weighted by Gasteiger charge is -2.34. The Kier molecular flexibility index (Phi) is 7.30. The van der Waals surface area contributed by atoms with E-state index < -0.39 is 6.10 Å². The van der Waals surface area contributed by atoms with Gasteiger partial charge in [-0.2, -0.15) is 5.26 Å². The van der Waals surface area contributed by atoms with E-state index in [0.29, 0.717) is 13.2 Å². The molecule has 2 aliphatic heterocycles. The van der Waals surface area contributed by atoms with E-state index in [0.717, 1.165) is 64.4 Å². The van der Waals surface area contributed by atoms with Crippen molar-refractivity contribution in [3.05, 3.63) is 29.8 Å². The number of likely N-dealkylation sites (tertiary alicyclic amines) is 1. The number of hydrogen-bond acceptors (Lipinski definition) is 6. The van der Waals surface area contributed by atoms with Crippen molar-refractivity contribution in [2.24, 2.45) is 5.41 Å². The van der Waals surface area contributed by atoms with E-state index in [2.05, 4.69) is 46.9 Å². The highest BCUT2D eigenvalue weighted by molar-refractivity contribution is 5.27. The van der Waals surface area contributed by atoms with Crippen LogP contribution in [0.1, 0.15) is 25.3 Å². The van der Waals surface area contributed by atoms with Crippen LogP contribution in [0.3, 0.4) is 0 Å². The maximum absolute atomic E-state index is 10.3. The summed E-state index contributed by atoms with van der Waals surface area (Å²) in [5, 5.41) is 19.5. The molecule has 28 heavy (non-hydrogen) atoms. The van der Waals surface area contributed by atoms with Gasteiger partial charge in [0.15, 0.2) is 0 Å². The summed E-state index contributed by atoms with van der Waals surface area (Å²) < 4.78 is 5.78. The lowest BCUT2D eigenvalue weighted by Crippen LogP contribution is -2.47. The van der Waals surface area contributed by atoms with Crippen LogP contribution in [-0.2, 0) is 6.54 Å². The molecule has 0 radical (unpaired) electrons. The molecule has 1 aromatic rings. The van der Waals surface area contributed by atoms with Gasteiger partial charge >= 0.3 is 0 Å². The molecule has 2 saturated heterocycles. The minimum absolute atomic E-state index is 0.154. The molecule has 0 aliphatic carbocycles. The number of aliphatic hydroxyl groups is 1. The van der Waals surface area contributed by atoms with Gasteiger partial charge in [-0.3, -0.25) is 9.80 Å². The lowest BCUT2D eigenvalue weighted by molar-refractivity contribution is 0.0504. The molecule has 2 fully saturated rings. The largest absolute Gasteiger partial charge is 0.491 e. The Labute approximate surface area is 169 Å². The molecule has 0 aromatic heterocycles. The van der Waals surface area contributed by atoms with Crippen LogP contribution < -0.4 is 4.74 Å². The first-order valence-electron chi connectivity index (χ1n) is 10.4. The number of benzene rings is 1. The van der Waals surface area contributed by atoms with Crippen molar-refractivity contribution in [3.63, 3.8) is 0 Å². The summed E-state index contributed by atoms with van der Waals surface area (Å²) in [6.07, 6.45) is 1.41. The van der Waals surface area contributed by atoms with Gasteiger partial charge < -0.3 is 14.7 Å². The number of ether oxygens (including phenoxy) is 1. The molecule has 154 valence electrons. The van der Waals surface area contributed by atoms with Gasteiger partial charge in [0.1, 0.15) is 18.5 Å². The normalized spacial score (nSPS) is 22.5. The molecule has 0 spiro atoms. The first kappa shape index (κ1) is 21.1. The number of piperidine rings is 1. The molecule has 0 saturated carbocycles. The van der Waals surface area contributed by atoms with Crippen molar-refractivity contribution < 1.29 is 9.84 Å². The van der Waals surface area contributed by atoms with E-state index in [1.807, 2.05) is 12.1 Å². The minimum atomic E-state index is -0.467. The van der Waals surface area contributed by atoms with Crippen molar-refractivity contribution in [3.8, 4) is 11.8 Å². The van der Waals surface area contributed by atoms with Crippen LogP contribution in [0.25, 0.3) is 0 Å². The van der Waals surface area contributed by atoms with E-state index in [1.165, 1.54) is 5.56 Å². The first-order valence-corrected chi connectivity index (χ1v) is 10.4. The number of likely N-dealkylation sites (N-methyl/N-ethyl adjacent to an activating group) is 1. The summed E-state index contributed by atoms with van der Waals surface area (Å²) in [4.78, 5) is 7.02. The van der Waals surface area contributed by atoms with Gasteiger partial charge in [0, 0.05) is 39.3 Å². The Morgan fingerprint density at radius 3 is 2.32 bits per heavy atom. The predicted molar refractivity (Wildman–Crippen MR) is 110 cm³/mol. The third-order valence-electron chi connectivity index (χ3n) is 6.07. The van der Waals surface area contributed by atoms with Gasteiger partial charge in [0.2, 0.25) is 0 Å². The van der Waals surface area contributed by atoms with E-state index in [-0.39, 0.29) is 5.41 Å². The Bertz CT molecular complexity index is 641. The van der Waals surface area contributed by atoms with Gasteiger partial charge in [-0.05, 0) is 57.6 Å². The Hall–Kier alpha value is -1.65. The monoisotopic (exact) mass is 386 g/mol. The Balaban J connectivity index is 1.38. The summed E-state index contributed by atoms with van der Waals surface area (Å²) >= 11 is 0. The second kappa shape index (κ2) is 9.71. The average Bonchev–Trinajstić information content (AvgIpc) is 2.71. The smallest absolute Gasteiger partial charge is 0.119 e. The van der Waals surface area contributed by atoms with Crippen LogP contribution in [0.4, 0.5) is 0 Å². The van der Waals surface area contributed by atoms with Crippen molar-refractivity contribution in [1.29, 1.82) is 5.26 Å². The lowest BCUT2D eigenvalue weighted by atomic mass is 9.82. The van der Waals surface area contributed by atoms with Crippen molar-refractivity contribution in [2.75, 3.05) is 59.5 Å². The van der Waals surface area contributed by atoms with Gasteiger partial charge in [0.25, 0.3) is 0 Å². The van der Waals surface area contributed by atoms with E-state index >= 15 is 0 Å². The molecule has 3 rings (SSSR count). The number of nitriles is 1. The van der Waals surface area contributed by atoms with Crippen molar-refractivity contribution >= 4 is 0 Å². The fraction of sp³-hybridized carbons (Fsp3) is 0.682. The van der Waals surface area contributed by atoms with Crippen LogP contribution in [0.2, 0.25) is 0 Å². The summed E-state index contributed by atoms with van der Waals surface area (Å²) in [7, 11) is 2.13. The molecule has 2 aliphatic rings. The van der Waals surface area contributed by atoms with E-state index in [9.17, 15) is 10.4 Å². The van der Waals surface area contributed by atoms with E-state index in [4.69, 9.17) is 4.74 Å². The van der Waals surface area contributed by atoms with Crippen LogP contribution in [0.15, 0.2) is 24.3 Å². The fourth-order valence-electron chi connectivity index (χ4n) is 3.84. The molecular formula is C22H34N4O2. The highest BCUT2D eigenvalue weighted by atomic mass is 16.5.